The van der Waals surface area contributed by atoms with Crippen molar-refractivity contribution in [1.29, 1.82) is 0 Å². The van der Waals surface area contributed by atoms with Crippen molar-refractivity contribution >= 4 is 0 Å². The zero-order valence-corrected chi connectivity index (χ0v) is 14.6. The van der Waals surface area contributed by atoms with Crippen LogP contribution in [0.5, 0.6) is 0 Å². The fraction of sp³-hybridized carbons (Fsp3) is 0.737. The Balaban J connectivity index is 1.71. The summed E-state index contributed by atoms with van der Waals surface area (Å²) in [6.45, 7) is 3.15. The van der Waals surface area contributed by atoms with Crippen LogP contribution >= 0.6 is 0 Å². The summed E-state index contributed by atoms with van der Waals surface area (Å²) >= 11 is 0. The predicted octanol–water partition coefficient (Wildman–Crippen LogP) is 3.64. The highest BCUT2D eigenvalue weighted by atomic mass is 16.6. The fourth-order valence-corrected chi connectivity index (χ4v) is 3.70. The van der Waals surface area contributed by atoms with E-state index in [9.17, 15) is 0 Å². The van der Waals surface area contributed by atoms with Crippen LogP contribution < -0.4 is 10.8 Å². The third-order valence-electron chi connectivity index (χ3n) is 5.20. The van der Waals surface area contributed by atoms with Gasteiger partial charge in [-0.25, -0.2) is 5.48 Å². The Labute approximate surface area is 140 Å². The molecule has 0 amide bonds. The lowest BCUT2D eigenvalue weighted by atomic mass is 9.94. The molecule has 2 aliphatic carbocycles. The van der Waals surface area contributed by atoms with Gasteiger partial charge >= 0.3 is 0 Å². The Morgan fingerprint density at radius 1 is 1.26 bits per heavy atom. The molecule has 0 saturated heterocycles. The molecule has 2 fully saturated rings. The van der Waals surface area contributed by atoms with Crippen LogP contribution in [0.4, 0.5) is 0 Å². The van der Waals surface area contributed by atoms with Gasteiger partial charge in [-0.3, -0.25) is 4.98 Å². The van der Waals surface area contributed by atoms with E-state index in [1.165, 1.54) is 55.3 Å². The first-order chi connectivity index (χ1) is 11.3. The first-order valence-electron chi connectivity index (χ1n) is 9.28. The zero-order valence-electron chi connectivity index (χ0n) is 14.6. The lowest BCUT2D eigenvalue weighted by molar-refractivity contribution is 0.0911. The van der Waals surface area contributed by atoms with Gasteiger partial charge in [-0.1, -0.05) is 18.9 Å². The number of hydroxylamine groups is 1. The zero-order chi connectivity index (χ0) is 16.1. The summed E-state index contributed by atoms with van der Waals surface area (Å²) in [4.78, 5) is 9.86. The van der Waals surface area contributed by atoms with Crippen molar-refractivity contribution in [2.24, 2.45) is 0 Å². The van der Waals surface area contributed by atoms with Crippen LogP contribution in [-0.4, -0.2) is 24.7 Å². The van der Waals surface area contributed by atoms with Crippen molar-refractivity contribution in [3.8, 4) is 0 Å². The van der Waals surface area contributed by atoms with Crippen LogP contribution in [-0.2, 0) is 11.3 Å². The first-order valence-corrected chi connectivity index (χ1v) is 9.28. The van der Waals surface area contributed by atoms with Crippen molar-refractivity contribution in [3.05, 3.63) is 29.1 Å². The fourth-order valence-electron chi connectivity index (χ4n) is 3.70. The Kier molecular flexibility index (Phi) is 6.03. The maximum absolute atomic E-state index is 4.95. The molecule has 3 rings (SSSR count). The molecule has 128 valence electrons. The molecule has 4 heteroatoms. The molecule has 0 aliphatic heterocycles. The van der Waals surface area contributed by atoms with E-state index in [2.05, 4.69) is 30.0 Å². The van der Waals surface area contributed by atoms with E-state index in [1.54, 1.807) is 7.11 Å². The number of rotatable bonds is 9. The summed E-state index contributed by atoms with van der Waals surface area (Å²) < 4.78 is 0. The number of nitrogens with one attached hydrogen (secondary N) is 2. The SMILES string of the molecule is CONCCCc1cc(C(C)NC2CC2)cnc1C1CCCC1. The molecule has 0 radical (unpaired) electrons. The normalized spacial score (nSPS) is 20.1. The number of hydrogen-bond donors (Lipinski definition) is 2. The molecular weight excluding hydrogens is 286 g/mol. The maximum atomic E-state index is 4.95. The minimum Gasteiger partial charge on any atom is -0.307 e. The molecule has 0 spiro atoms. The maximum Gasteiger partial charge on any atom is 0.0572 e. The lowest BCUT2D eigenvalue weighted by Gasteiger charge is -2.19. The highest BCUT2D eigenvalue weighted by Gasteiger charge is 2.25. The largest absolute Gasteiger partial charge is 0.307 e. The predicted molar refractivity (Wildman–Crippen MR) is 93.4 cm³/mol. The van der Waals surface area contributed by atoms with E-state index < -0.39 is 0 Å². The second-order valence-corrected chi connectivity index (χ2v) is 7.16. The van der Waals surface area contributed by atoms with Gasteiger partial charge in [-0.15, -0.1) is 0 Å². The first kappa shape index (κ1) is 16.9. The summed E-state index contributed by atoms with van der Waals surface area (Å²) in [6, 6.07) is 3.55. The molecule has 1 atom stereocenters. The van der Waals surface area contributed by atoms with Gasteiger partial charge in [0.05, 0.1) is 7.11 Å². The van der Waals surface area contributed by atoms with Gasteiger partial charge in [0, 0.05) is 36.4 Å². The number of aromatic nitrogens is 1. The minimum absolute atomic E-state index is 0.406. The van der Waals surface area contributed by atoms with Crippen molar-refractivity contribution < 1.29 is 4.84 Å². The molecule has 1 heterocycles. The van der Waals surface area contributed by atoms with Crippen molar-refractivity contribution in [2.75, 3.05) is 13.7 Å². The number of nitrogens with zero attached hydrogens (tertiary/aromatic N) is 1. The average Bonchev–Trinajstić information content (AvgIpc) is 3.21. The summed E-state index contributed by atoms with van der Waals surface area (Å²) in [6.07, 6.45) is 12.3. The molecule has 2 N–H and O–H groups in total. The topological polar surface area (TPSA) is 46.2 Å². The van der Waals surface area contributed by atoms with E-state index in [1.807, 2.05) is 0 Å². The van der Waals surface area contributed by atoms with E-state index in [0.29, 0.717) is 12.0 Å². The molecule has 1 aromatic rings. The number of hydrogen-bond acceptors (Lipinski definition) is 4. The van der Waals surface area contributed by atoms with Crippen LogP contribution in [0.3, 0.4) is 0 Å². The Hall–Kier alpha value is -0.970. The number of pyridine rings is 1. The summed E-state index contributed by atoms with van der Waals surface area (Å²) in [7, 11) is 1.68. The smallest absolute Gasteiger partial charge is 0.0572 e. The minimum atomic E-state index is 0.406. The molecule has 1 unspecified atom stereocenters. The highest BCUT2D eigenvalue weighted by Crippen LogP contribution is 2.36. The third kappa shape index (κ3) is 4.75. The van der Waals surface area contributed by atoms with Crippen molar-refractivity contribution in [2.45, 2.75) is 76.3 Å². The van der Waals surface area contributed by atoms with Gasteiger partial charge in [0.1, 0.15) is 0 Å². The molecule has 0 bridgehead atoms. The highest BCUT2D eigenvalue weighted by molar-refractivity contribution is 5.30. The van der Waals surface area contributed by atoms with Gasteiger partial charge in [0.2, 0.25) is 0 Å². The molecule has 1 aromatic heterocycles. The third-order valence-corrected chi connectivity index (χ3v) is 5.20. The Morgan fingerprint density at radius 3 is 2.74 bits per heavy atom. The van der Waals surface area contributed by atoms with Crippen molar-refractivity contribution in [3.63, 3.8) is 0 Å². The average molecular weight is 317 g/mol. The van der Waals surface area contributed by atoms with Crippen LogP contribution in [0.15, 0.2) is 12.3 Å². The van der Waals surface area contributed by atoms with E-state index in [4.69, 9.17) is 9.82 Å². The van der Waals surface area contributed by atoms with Gasteiger partial charge in [-0.05, 0) is 56.6 Å². The van der Waals surface area contributed by atoms with E-state index >= 15 is 0 Å². The molecule has 2 saturated carbocycles. The second kappa shape index (κ2) is 8.22. The standard InChI is InChI=1S/C19H31N3O/c1-14(22-18-9-10-18)17-12-16(8-5-11-21-23-2)19(20-13-17)15-6-3-4-7-15/h12-15,18,21-22H,3-11H2,1-2H3. The Morgan fingerprint density at radius 2 is 2.04 bits per heavy atom. The molecule has 23 heavy (non-hydrogen) atoms. The quantitative estimate of drug-likeness (QED) is 0.539. The van der Waals surface area contributed by atoms with Crippen LogP contribution in [0.25, 0.3) is 0 Å². The van der Waals surface area contributed by atoms with Gasteiger partial charge < -0.3 is 10.2 Å². The molecular formula is C19H31N3O. The van der Waals surface area contributed by atoms with Gasteiger partial charge in [0.15, 0.2) is 0 Å². The van der Waals surface area contributed by atoms with E-state index in [0.717, 1.165) is 25.4 Å². The second-order valence-electron chi connectivity index (χ2n) is 7.16. The van der Waals surface area contributed by atoms with Crippen LogP contribution in [0.2, 0.25) is 0 Å². The van der Waals surface area contributed by atoms with Crippen LogP contribution in [0, 0.1) is 0 Å². The monoisotopic (exact) mass is 317 g/mol. The number of aryl methyl sites for hydroxylation is 1. The van der Waals surface area contributed by atoms with Crippen molar-refractivity contribution in [1.82, 2.24) is 15.8 Å². The lowest BCUT2D eigenvalue weighted by Crippen LogP contribution is -2.21. The Bertz CT molecular complexity index is 495. The molecule has 4 nitrogen and oxygen atoms in total. The summed E-state index contributed by atoms with van der Waals surface area (Å²) in [5, 5.41) is 3.69. The van der Waals surface area contributed by atoms with E-state index in [-0.39, 0.29) is 0 Å². The van der Waals surface area contributed by atoms with Gasteiger partial charge in [0.25, 0.3) is 0 Å². The van der Waals surface area contributed by atoms with Gasteiger partial charge in [-0.2, -0.15) is 0 Å². The summed E-state index contributed by atoms with van der Waals surface area (Å²) in [5.74, 6) is 0.682. The molecule has 0 aromatic carbocycles. The van der Waals surface area contributed by atoms with Crippen LogP contribution in [0.1, 0.15) is 80.7 Å². The summed E-state index contributed by atoms with van der Waals surface area (Å²) in [5.41, 5.74) is 7.11. The molecule has 2 aliphatic rings.